The van der Waals surface area contributed by atoms with Crippen LogP contribution in [0.25, 0.3) is 0 Å². The SMILES string of the molecule is COc1cccc(C(=O)N2CCC3CCC(C2)N3)c1OC.Cl. The molecule has 1 aromatic carbocycles. The zero-order valence-corrected chi connectivity index (χ0v) is 13.8. The molecule has 0 aliphatic carbocycles. The monoisotopic (exact) mass is 326 g/mol. The van der Waals surface area contributed by atoms with Crippen molar-refractivity contribution in [3.63, 3.8) is 0 Å². The highest BCUT2D eigenvalue weighted by Gasteiger charge is 2.32. The number of nitrogens with zero attached hydrogens (tertiary/aromatic N) is 1. The van der Waals surface area contributed by atoms with Gasteiger partial charge in [0.25, 0.3) is 5.91 Å². The van der Waals surface area contributed by atoms with Gasteiger partial charge < -0.3 is 19.7 Å². The van der Waals surface area contributed by atoms with E-state index >= 15 is 0 Å². The Labute approximate surface area is 137 Å². The minimum atomic E-state index is 0. The van der Waals surface area contributed by atoms with E-state index in [1.165, 1.54) is 6.42 Å². The van der Waals surface area contributed by atoms with E-state index in [1.54, 1.807) is 20.3 Å². The number of halogens is 1. The first kappa shape index (κ1) is 16.9. The van der Waals surface area contributed by atoms with E-state index < -0.39 is 0 Å². The summed E-state index contributed by atoms with van der Waals surface area (Å²) >= 11 is 0. The topological polar surface area (TPSA) is 50.8 Å². The molecule has 5 nitrogen and oxygen atoms in total. The lowest BCUT2D eigenvalue weighted by Gasteiger charge is -2.25. The Morgan fingerprint density at radius 1 is 1.18 bits per heavy atom. The van der Waals surface area contributed by atoms with Crippen LogP contribution < -0.4 is 14.8 Å². The Kier molecular flexibility index (Phi) is 5.53. The highest BCUT2D eigenvalue weighted by atomic mass is 35.5. The van der Waals surface area contributed by atoms with Crippen LogP contribution in [0.4, 0.5) is 0 Å². The third-order valence-electron chi connectivity index (χ3n) is 4.44. The maximum absolute atomic E-state index is 12.8. The lowest BCUT2D eigenvalue weighted by Crippen LogP contribution is -2.39. The summed E-state index contributed by atoms with van der Waals surface area (Å²) in [5.74, 6) is 1.14. The van der Waals surface area contributed by atoms with Crippen LogP contribution >= 0.6 is 12.4 Å². The van der Waals surface area contributed by atoms with Crippen molar-refractivity contribution >= 4 is 18.3 Å². The molecule has 22 heavy (non-hydrogen) atoms. The van der Waals surface area contributed by atoms with Gasteiger partial charge in [-0.3, -0.25) is 4.79 Å². The summed E-state index contributed by atoms with van der Waals surface area (Å²) < 4.78 is 10.7. The second-order valence-corrected chi connectivity index (χ2v) is 5.72. The van der Waals surface area contributed by atoms with E-state index in [1.807, 2.05) is 17.0 Å². The van der Waals surface area contributed by atoms with Crippen LogP contribution in [0.1, 0.15) is 29.6 Å². The van der Waals surface area contributed by atoms with E-state index in [0.29, 0.717) is 29.1 Å². The molecule has 0 saturated carbocycles. The number of ether oxygens (including phenoxy) is 2. The number of hydrogen-bond donors (Lipinski definition) is 1. The van der Waals surface area contributed by atoms with Crippen LogP contribution in [0.2, 0.25) is 0 Å². The number of likely N-dealkylation sites (tertiary alicyclic amines) is 1. The van der Waals surface area contributed by atoms with Gasteiger partial charge in [-0.05, 0) is 31.4 Å². The summed E-state index contributed by atoms with van der Waals surface area (Å²) in [6.07, 6.45) is 3.41. The molecule has 2 aliphatic rings. The standard InChI is InChI=1S/C16H22N2O3.ClH/c1-20-14-5-3-4-13(15(14)21-2)16(19)18-9-8-11-6-7-12(10-18)17-11;/h3-5,11-12,17H,6-10H2,1-2H3;1H. The molecule has 122 valence electrons. The number of para-hydroxylation sites is 1. The van der Waals surface area contributed by atoms with Crippen LogP contribution in [0.5, 0.6) is 11.5 Å². The molecule has 1 amide bonds. The molecule has 1 N–H and O–H groups in total. The average Bonchev–Trinajstić information content (AvgIpc) is 2.84. The van der Waals surface area contributed by atoms with Crippen molar-refractivity contribution in [1.82, 2.24) is 10.2 Å². The van der Waals surface area contributed by atoms with Crippen molar-refractivity contribution < 1.29 is 14.3 Å². The van der Waals surface area contributed by atoms with E-state index in [0.717, 1.165) is 25.9 Å². The third-order valence-corrected chi connectivity index (χ3v) is 4.44. The first-order valence-electron chi connectivity index (χ1n) is 7.49. The second kappa shape index (κ2) is 7.20. The highest BCUT2D eigenvalue weighted by Crippen LogP contribution is 2.32. The molecular formula is C16H23ClN2O3. The van der Waals surface area contributed by atoms with Gasteiger partial charge in [0, 0.05) is 25.2 Å². The molecule has 2 heterocycles. The number of carbonyl (C=O) groups is 1. The summed E-state index contributed by atoms with van der Waals surface area (Å²) in [5, 5.41) is 3.59. The molecule has 2 atom stereocenters. The Balaban J connectivity index is 0.00000176. The molecule has 6 heteroatoms. The van der Waals surface area contributed by atoms with E-state index in [9.17, 15) is 4.79 Å². The Morgan fingerprint density at radius 2 is 1.95 bits per heavy atom. The van der Waals surface area contributed by atoms with Crippen LogP contribution in [-0.2, 0) is 0 Å². The van der Waals surface area contributed by atoms with Crippen molar-refractivity contribution in [2.75, 3.05) is 27.3 Å². The van der Waals surface area contributed by atoms with Crippen molar-refractivity contribution in [3.05, 3.63) is 23.8 Å². The zero-order chi connectivity index (χ0) is 14.8. The minimum absolute atomic E-state index is 0. The fourth-order valence-electron chi connectivity index (χ4n) is 3.35. The number of rotatable bonds is 3. The number of methoxy groups -OCH3 is 2. The summed E-state index contributed by atoms with van der Waals surface area (Å²) in [5.41, 5.74) is 0.578. The number of hydrogen-bond acceptors (Lipinski definition) is 4. The molecule has 0 spiro atoms. The smallest absolute Gasteiger partial charge is 0.257 e. The molecule has 3 rings (SSSR count). The molecule has 0 radical (unpaired) electrons. The molecule has 1 aromatic rings. The number of carbonyl (C=O) groups excluding carboxylic acids is 1. The predicted molar refractivity (Wildman–Crippen MR) is 87.3 cm³/mol. The minimum Gasteiger partial charge on any atom is -0.493 e. The van der Waals surface area contributed by atoms with Crippen molar-refractivity contribution in [1.29, 1.82) is 0 Å². The van der Waals surface area contributed by atoms with Gasteiger partial charge in [-0.25, -0.2) is 0 Å². The first-order chi connectivity index (χ1) is 10.2. The molecule has 0 aromatic heterocycles. The van der Waals surface area contributed by atoms with Crippen molar-refractivity contribution in [2.45, 2.75) is 31.3 Å². The molecule has 2 saturated heterocycles. The van der Waals surface area contributed by atoms with Gasteiger partial charge in [0.2, 0.25) is 0 Å². The number of benzene rings is 1. The summed E-state index contributed by atoms with van der Waals surface area (Å²) in [7, 11) is 3.15. The Bertz CT molecular complexity index is 538. The van der Waals surface area contributed by atoms with Gasteiger partial charge in [0.15, 0.2) is 11.5 Å². The third kappa shape index (κ3) is 3.15. The van der Waals surface area contributed by atoms with Gasteiger partial charge in [0.05, 0.1) is 19.8 Å². The van der Waals surface area contributed by atoms with Gasteiger partial charge in [0.1, 0.15) is 0 Å². The van der Waals surface area contributed by atoms with Crippen LogP contribution in [0, 0.1) is 0 Å². The lowest BCUT2D eigenvalue weighted by molar-refractivity contribution is 0.0744. The molecule has 2 fully saturated rings. The van der Waals surface area contributed by atoms with Crippen molar-refractivity contribution in [2.24, 2.45) is 0 Å². The fraction of sp³-hybridized carbons (Fsp3) is 0.562. The molecule has 2 unspecified atom stereocenters. The second-order valence-electron chi connectivity index (χ2n) is 5.72. The summed E-state index contributed by atoms with van der Waals surface area (Å²) in [6, 6.07) is 6.44. The molecular weight excluding hydrogens is 304 g/mol. The highest BCUT2D eigenvalue weighted by molar-refractivity contribution is 5.97. The summed E-state index contributed by atoms with van der Waals surface area (Å²) in [6.45, 7) is 1.57. The normalized spacial score (nSPS) is 23.5. The van der Waals surface area contributed by atoms with Gasteiger partial charge >= 0.3 is 0 Å². The van der Waals surface area contributed by atoms with Crippen LogP contribution in [-0.4, -0.2) is 50.2 Å². The number of fused-ring (bicyclic) bond motifs is 2. The average molecular weight is 327 g/mol. The van der Waals surface area contributed by atoms with E-state index in [2.05, 4.69) is 5.32 Å². The van der Waals surface area contributed by atoms with Gasteiger partial charge in [-0.15, -0.1) is 12.4 Å². The maximum Gasteiger partial charge on any atom is 0.257 e. The zero-order valence-electron chi connectivity index (χ0n) is 13.0. The van der Waals surface area contributed by atoms with Crippen molar-refractivity contribution in [3.8, 4) is 11.5 Å². The Hall–Kier alpha value is -1.46. The fourth-order valence-corrected chi connectivity index (χ4v) is 3.35. The number of nitrogens with one attached hydrogen (secondary N) is 1. The summed E-state index contributed by atoms with van der Waals surface area (Å²) in [4.78, 5) is 14.8. The molecule has 2 aliphatic heterocycles. The van der Waals surface area contributed by atoms with Crippen LogP contribution in [0.3, 0.4) is 0 Å². The van der Waals surface area contributed by atoms with E-state index in [-0.39, 0.29) is 18.3 Å². The largest absolute Gasteiger partial charge is 0.493 e. The first-order valence-corrected chi connectivity index (χ1v) is 7.49. The number of amides is 1. The lowest BCUT2D eigenvalue weighted by atomic mass is 10.1. The van der Waals surface area contributed by atoms with Gasteiger partial charge in [-0.2, -0.15) is 0 Å². The van der Waals surface area contributed by atoms with Crippen LogP contribution in [0.15, 0.2) is 18.2 Å². The maximum atomic E-state index is 12.8. The molecule has 2 bridgehead atoms. The quantitative estimate of drug-likeness (QED) is 0.924. The predicted octanol–water partition coefficient (Wildman–Crippen LogP) is 2.09. The Morgan fingerprint density at radius 3 is 2.68 bits per heavy atom. The van der Waals surface area contributed by atoms with E-state index in [4.69, 9.17) is 9.47 Å². The van der Waals surface area contributed by atoms with Gasteiger partial charge in [-0.1, -0.05) is 6.07 Å².